The maximum Gasteiger partial charge on any atom is 0.233 e. The predicted molar refractivity (Wildman–Crippen MR) is 52.6 cm³/mol. The lowest BCUT2D eigenvalue weighted by atomic mass is 10.4. The molecular formula is C9H18N2O2. The number of nitrogens with one attached hydrogen (secondary N) is 2. The number of carbonyl (C=O) groups is 1. The minimum atomic E-state index is -0.0140. The zero-order valence-corrected chi connectivity index (χ0v) is 8.35. The van der Waals surface area contributed by atoms with Crippen molar-refractivity contribution in [2.75, 3.05) is 33.4 Å². The highest BCUT2D eigenvalue weighted by molar-refractivity contribution is 5.77. The molecule has 0 aliphatic heterocycles. The highest BCUT2D eigenvalue weighted by Crippen LogP contribution is 1.86. The molecule has 1 amide bonds. The molecule has 76 valence electrons. The van der Waals surface area contributed by atoms with Crippen molar-refractivity contribution in [3.05, 3.63) is 12.2 Å². The summed E-state index contributed by atoms with van der Waals surface area (Å²) in [4.78, 5) is 10.7. The van der Waals surface area contributed by atoms with Crippen LogP contribution in [0.25, 0.3) is 0 Å². The third-order valence-corrected chi connectivity index (χ3v) is 1.34. The molecule has 2 N–H and O–H groups in total. The van der Waals surface area contributed by atoms with Crippen LogP contribution < -0.4 is 10.6 Å². The van der Waals surface area contributed by atoms with Crippen LogP contribution in [0.1, 0.15) is 6.92 Å². The molecule has 0 saturated carbocycles. The van der Waals surface area contributed by atoms with Crippen LogP contribution in [0.5, 0.6) is 0 Å². The van der Waals surface area contributed by atoms with Crippen molar-refractivity contribution in [3.8, 4) is 0 Å². The largest absolute Gasteiger partial charge is 0.376 e. The molecule has 0 heterocycles. The van der Waals surface area contributed by atoms with Crippen molar-refractivity contribution in [2.24, 2.45) is 0 Å². The summed E-state index contributed by atoms with van der Waals surface area (Å²) < 4.78 is 5.22. The van der Waals surface area contributed by atoms with Gasteiger partial charge in [0.2, 0.25) is 5.91 Å². The molecule has 0 fully saturated rings. The molecule has 0 unspecified atom stereocenters. The first-order valence-electron chi connectivity index (χ1n) is 4.30. The Bertz CT molecular complexity index is 169. The van der Waals surface area contributed by atoms with Crippen LogP contribution in [-0.2, 0) is 9.53 Å². The quantitative estimate of drug-likeness (QED) is 0.432. The van der Waals surface area contributed by atoms with Gasteiger partial charge in [-0.2, -0.15) is 0 Å². The van der Waals surface area contributed by atoms with Crippen LogP contribution in [0.4, 0.5) is 0 Å². The van der Waals surface area contributed by atoms with Gasteiger partial charge >= 0.3 is 0 Å². The Morgan fingerprint density at radius 3 is 2.77 bits per heavy atom. The molecule has 0 radical (unpaired) electrons. The third kappa shape index (κ3) is 9.04. The van der Waals surface area contributed by atoms with Crippen LogP contribution in [0.3, 0.4) is 0 Å². The van der Waals surface area contributed by atoms with Gasteiger partial charge in [-0.15, -0.1) is 0 Å². The van der Waals surface area contributed by atoms with Crippen molar-refractivity contribution in [1.29, 1.82) is 0 Å². The van der Waals surface area contributed by atoms with E-state index in [1.165, 1.54) is 0 Å². The third-order valence-electron chi connectivity index (χ3n) is 1.34. The molecule has 0 aromatic heterocycles. The summed E-state index contributed by atoms with van der Waals surface area (Å²) in [5, 5.41) is 5.46. The zero-order valence-electron chi connectivity index (χ0n) is 8.35. The molecule has 0 saturated heterocycles. The summed E-state index contributed by atoms with van der Waals surface area (Å²) in [6.45, 7) is 7.83. The number of amides is 1. The van der Waals surface area contributed by atoms with Gasteiger partial charge in [-0.05, 0) is 6.92 Å². The number of ether oxygens (including phenoxy) is 1. The second-order valence-corrected chi connectivity index (χ2v) is 2.86. The first-order chi connectivity index (χ1) is 6.16. The minimum absolute atomic E-state index is 0.0140. The van der Waals surface area contributed by atoms with E-state index in [-0.39, 0.29) is 5.91 Å². The number of hydrogen-bond donors (Lipinski definition) is 2. The zero-order chi connectivity index (χ0) is 10.1. The molecule has 0 bridgehead atoms. The van der Waals surface area contributed by atoms with Crippen molar-refractivity contribution >= 4 is 5.91 Å². The van der Waals surface area contributed by atoms with Gasteiger partial charge in [-0.25, -0.2) is 0 Å². The van der Waals surface area contributed by atoms with Crippen LogP contribution in [0, 0.1) is 0 Å². The standard InChI is InChI=1S/C9H18N2O2/c1-8(2)7-13-5-4-11-6-9(12)10-3/h11H,1,4-7H2,2-3H3,(H,10,12). The molecule has 0 rings (SSSR count). The second-order valence-electron chi connectivity index (χ2n) is 2.86. The van der Waals surface area contributed by atoms with E-state index in [0.717, 1.165) is 5.57 Å². The van der Waals surface area contributed by atoms with Gasteiger partial charge < -0.3 is 15.4 Å². The number of carbonyl (C=O) groups excluding carboxylic acids is 1. The van der Waals surface area contributed by atoms with Crippen molar-refractivity contribution in [3.63, 3.8) is 0 Å². The van der Waals surface area contributed by atoms with Gasteiger partial charge in [0, 0.05) is 13.6 Å². The van der Waals surface area contributed by atoms with Gasteiger partial charge in [0.25, 0.3) is 0 Å². The summed E-state index contributed by atoms with van der Waals surface area (Å²) >= 11 is 0. The first kappa shape index (κ1) is 12.1. The van der Waals surface area contributed by atoms with Crippen LogP contribution in [0.15, 0.2) is 12.2 Å². The Balaban J connectivity index is 3.08. The van der Waals surface area contributed by atoms with E-state index in [0.29, 0.717) is 26.3 Å². The van der Waals surface area contributed by atoms with Crippen molar-refractivity contribution in [2.45, 2.75) is 6.92 Å². The van der Waals surface area contributed by atoms with Gasteiger partial charge in [-0.1, -0.05) is 12.2 Å². The fourth-order valence-corrected chi connectivity index (χ4v) is 0.681. The monoisotopic (exact) mass is 186 g/mol. The SMILES string of the molecule is C=C(C)COCCNCC(=O)NC. The molecule has 0 atom stereocenters. The Morgan fingerprint density at radius 2 is 2.23 bits per heavy atom. The molecule has 13 heavy (non-hydrogen) atoms. The Kier molecular flexibility index (Phi) is 7.24. The van der Waals surface area contributed by atoms with E-state index in [2.05, 4.69) is 17.2 Å². The highest BCUT2D eigenvalue weighted by atomic mass is 16.5. The van der Waals surface area contributed by atoms with E-state index < -0.39 is 0 Å². The van der Waals surface area contributed by atoms with Crippen molar-refractivity contribution < 1.29 is 9.53 Å². The molecule has 0 aromatic rings. The average molecular weight is 186 g/mol. The lowest BCUT2D eigenvalue weighted by Gasteiger charge is -2.04. The molecule has 0 aliphatic rings. The maximum atomic E-state index is 10.7. The summed E-state index contributed by atoms with van der Waals surface area (Å²) in [6, 6.07) is 0. The average Bonchev–Trinajstić information content (AvgIpc) is 2.10. The minimum Gasteiger partial charge on any atom is -0.376 e. The number of rotatable bonds is 7. The normalized spacial score (nSPS) is 9.69. The maximum absolute atomic E-state index is 10.7. The fourth-order valence-electron chi connectivity index (χ4n) is 0.681. The number of likely N-dealkylation sites (N-methyl/N-ethyl adjacent to an activating group) is 1. The summed E-state index contributed by atoms with van der Waals surface area (Å²) in [6.07, 6.45) is 0. The van der Waals surface area contributed by atoms with E-state index in [1.807, 2.05) is 6.92 Å². The van der Waals surface area contributed by atoms with Crippen LogP contribution in [0.2, 0.25) is 0 Å². The Labute approximate surface area is 79.3 Å². The Hall–Kier alpha value is -0.870. The lowest BCUT2D eigenvalue weighted by molar-refractivity contribution is -0.119. The number of hydrogen-bond acceptors (Lipinski definition) is 3. The van der Waals surface area contributed by atoms with Gasteiger partial charge in [0.15, 0.2) is 0 Å². The fraction of sp³-hybridized carbons (Fsp3) is 0.667. The predicted octanol–water partition coefficient (Wildman–Crippen LogP) is -0.0853. The molecule has 4 nitrogen and oxygen atoms in total. The van der Waals surface area contributed by atoms with Crippen molar-refractivity contribution in [1.82, 2.24) is 10.6 Å². The first-order valence-corrected chi connectivity index (χ1v) is 4.30. The summed E-state index contributed by atoms with van der Waals surface area (Å²) in [5.74, 6) is -0.0140. The smallest absolute Gasteiger partial charge is 0.233 e. The summed E-state index contributed by atoms with van der Waals surface area (Å²) in [7, 11) is 1.61. The van der Waals surface area contributed by atoms with E-state index in [9.17, 15) is 4.79 Å². The Morgan fingerprint density at radius 1 is 1.54 bits per heavy atom. The van der Waals surface area contributed by atoms with E-state index >= 15 is 0 Å². The lowest BCUT2D eigenvalue weighted by Crippen LogP contribution is -2.33. The van der Waals surface area contributed by atoms with Crippen LogP contribution >= 0.6 is 0 Å². The van der Waals surface area contributed by atoms with E-state index in [4.69, 9.17) is 4.74 Å². The topological polar surface area (TPSA) is 50.4 Å². The van der Waals surface area contributed by atoms with Gasteiger partial charge in [0.05, 0.1) is 19.8 Å². The van der Waals surface area contributed by atoms with Gasteiger partial charge in [0.1, 0.15) is 0 Å². The molecular weight excluding hydrogens is 168 g/mol. The second kappa shape index (κ2) is 7.76. The molecule has 4 heteroatoms. The molecule has 0 spiro atoms. The summed E-state index contributed by atoms with van der Waals surface area (Å²) in [5.41, 5.74) is 1.01. The highest BCUT2D eigenvalue weighted by Gasteiger charge is 1.95. The van der Waals surface area contributed by atoms with Crippen LogP contribution in [-0.4, -0.2) is 39.3 Å². The van der Waals surface area contributed by atoms with E-state index in [1.54, 1.807) is 7.05 Å². The molecule has 0 aromatic carbocycles. The van der Waals surface area contributed by atoms with Gasteiger partial charge in [-0.3, -0.25) is 4.79 Å². The molecule has 0 aliphatic carbocycles.